The number of carbonyl (C=O) groups excluding carboxylic acids is 6. The van der Waals surface area contributed by atoms with E-state index < -0.39 is 131 Å². The molecule has 6 bridgehead atoms. The molecule has 10 aliphatic rings. The van der Waals surface area contributed by atoms with E-state index in [1.54, 1.807) is 32.6 Å². The zero-order valence-electron chi connectivity index (χ0n) is 85.8. The number of ether oxygens (including phenoxy) is 28. The predicted molar refractivity (Wildman–Crippen MR) is 512 cm³/mol. The number of rotatable bonds is 69. The molecule has 0 spiro atoms. The van der Waals surface area contributed by atoms with Gasteiger partial charge in [-0.2, -0.15) is 0 Å². The van der Waals surface area contributed by atoms with E-state index in [0.29, 0.717) is 175 Å². The summed E-state index contributed by atoms with van der Waals surface area (Å²) in [4.78, 5) is 77.6. The van der Waals surface area contributed by atoms with Gasteiger partial charge in [-0.25, -0.2) is 18.8 Å². The highest BCUT2D eigenvalue weighted by atomic mass is 16.8. The Labute approximate surface area is 859 Å². The largest absolute Gasteiger partial charge is 0.449 e. The number of hydrogen-bond donors (Lipinski definition) is 6. The van der Waals surface area contributed by atoms with Gasteiger partial charge in [0.2, 0.25) is 29.5 Å². The maximum absolute atomic E-state index is 14.5. The van der Waals surface area contributed by atoms with E-state index in [1.807, 2.05) is 90.1 Å². The molecule has 6 amide bonds. The van der Waals surface area contributed by atoms with Crippen molar-refractivity contribution in [3.8, 4) is 23.5 Å². The lowest BCUT2D eigenvalue weighted by Gasteiger charge is -2.42. The Morgan fingerprint density at radius 1 is 0.432 bits per heavy atom. The third-order valence-corrected chi connectivity index (χ3v) is 26.0. The van der Waals surface area contributed by atoms with Crippen LogP contribution in [0.5, 0.6) is 0 Å². The summed E-state index contributed by atoms with van der Waals surface area (Å²) >= 11 is 0. The van der Waals surface area contributed by atoms with E-state index in [9.17, 15) is 28.8 Å². The summed E-state index contributed by atoms with van der Waals surface area (Å²) in [7, 11) is 0. The second-order valence-corrected chi connectivity index (χ2v) is 39.3. The summed E-state index contributed by atoms with van der Waals surface area (Å²) in [5.74, 6) is -1.86. The van der Waals surface area contributed by atoms with Crippen molar-refractivity contribution < 1.29 is 161 Å². The first-order chi connectivity index (χ1) is 71.6. The molecule has 148 heavy (non-hydrogen) atoms. The lowest BCUT2D eigenvalue weighted by molar-refractivity contribution is -0.214. The number of benzene rings is 2. The average Bonchev–Trinajstić information content (AvgIpc) is 1.89. The number of nitrogens with one attached hydrogen (secondary N) is 6. The number of aromatic nitrogens is 9. The Bertz CT molecular complexity index is 4680. The van der Waals surface area contributed by atoms with E-state index in [-0.39, 0.29) is 155 Å². The van der Waals surface area contributed by atoms with Crippen molar-refractivity contribution in [1.29, 1.82) is 0 Å². The van der Waals surface area contributed by atoms with Crippen LogP contribution in [0, 0.1) is 12.3 Å². The highest BCUT2D eigenvalue weighted by Crippen LogP contribution is 2.51. The smallest absolute Gasteiger partial charge is 0.407 e. The molecule has 9 fully saturated rings. The van der Waals surface area contributed by atoms with Crippen LogP contribution >= 0.6 is 0 Å². The number of amides is 6. The summed E-state index contributed by atoms with van der Waals surface area (Å²) in [6, 6.07) is 13.3. The number of alkyl carbamates (subject to hydrolysis) is 1. The van der Waals surface area contributed by atoms with Crippen LogP contribution in [0.25, 0.3) is 11.1 Å². The van der Waals surface area contributed by atoms with Crippen LogP contribution in [-0.4, -0.2) is 411 Å². The van der Waals surface area contributed by atoms with Crippen LogP contribution in [0.15, 0.2) is 67.1 Å². The topological polar surface area (TPSA) is 525 Å². The Morgan fingerprint density at radius 2 is 0.770 bits per heavy atom. The lowest BCUT2D eigenvalue weighted by atomic mass is 9.88. The lowest BCUT2D eigenvalue weighted by Crippen LogP contribution is -2.65. The van der Waals surface area contributed by atoms with Crippen molar-refractivity contribution in [2.75, 3.05) is 211 Å². The molecular formula is C99H145N15O34. The van der Waals surface area contributed by atoms with Crippen LogP contribution in [0.2, 0.25) is 0 Å². The van der Waals surface area contributed by atoms with E-state index in [0.717, 1.165) is 22.3 Å². The minimum absolute atomic E-state index is 0.0341. The fraction of sp³-hybridized carbons (Fsp3) is 0.737. The fourth-order valence-electron chi connectivity index (χ4n) is 19.4. The van der Waals surface area contributed by atoms with Gasteiger partial charge in [0.25, 0.3) is 0 Å². The zero-order chi connectivity index (χ0) is 104. The Morgan fingerprint density at radius 3 is 1.11 bits per heavy atom. The van der Waals surface area contributed by atoms with Crippen molar-refractivity contribution >= 4 is 35.6 Å². The summed E-state index contributed by atoms with van der Waals surface area (Å²) in [5, 5.41) is 43.6. The number of carbonyl (C=O) groups is 6. The average molecular weight is 2090 g/mol. The van der Waals surface area contributed by atoms with Gasteiger partial charge in [0, 0.05) is 46.1 Å². The molecule has 15 rings (SSSR count). The van der Waals surface area contributed by atoms with E-state index in [2.05, 4.69) is 68.8 Å². The highest BCUT2D eigenvalue weighted by Gasteiger charge is 2.69. The molecule has 9 aliphatic heterocycles. The fourth-order valence-corrected chi connectivity index (χ4v) is 19.4. The van der Waals surface area contributed by atoms with Gasteiger partial charge < -0.3 is 165 Å². The van der Waals surface area contributed by atoms with Crippen molar-refractivity contribution in [1.82, 2.24) is 76.9 Å². The van der Waals surface area contributed by atoms with Gasteiger partial charge in [0.1, 0.15) is 107 Å². The maximum Gasteiger partial charge on any atom is 0.407 e. The first-order valence-electron chi connectivity index (χ1n) is 50.8. The summed E-state index contributed by atoms with van der Waals surface area (Å²) in [6.45, 7) is 23.8. The van der Waals surface area contributed by atoms with Crippen LogP contribution in [-0.2, 0) is 196 Å². The molecule has 0 unspecified atom stereocenters. The Kier molecular flexibility index (Phi) is 41.6. The number of fused-ring (bicyclic) bond motifs is 15. The first kappa shape index (κ1) is 113. The number of nitrogens with zero attached hydrogens (tertiary/aromatic N) is 9. The second-order valence-electron chi connectivity index (χ2n) is 39.3. The van der Waals surface area contributed by atoms with Crippen LogP contribution in [0.1, 0.15) is 129 Å². The van der Waals surface area contributed by atoms with Gasteiger partial charge in [0.05, 0.1) is 256 Å². The van der Waals surface area contributed by atoms with Gasteiger partial charge >= 0.3 is 6.09 Å². The van der Waals surface area contributed by atoms with E-state index in [1.165, 1.54) is 20.8 Å². The third-order valence-electron chi connectivity index (χ3n) is 26.0. The monoisotopic (exact) mass is 2090 g/mol. The van der Waals surface area contributed by atoms with E-state index >= 15 is 0 Å². The Hall–Kier alpha value is -9.04. The molecule has 1 aliphatic carbocycles. The molecule has 0 saturated carbocycles. The molecule has 6 N–H and O–H groups in total. The molecule has 5 aromatic rings. The molecule has 9 saturated heterocycles. The van der Waals surface area contributed by atoms with Crippen molar-refractivity contribution in [3.63, 3.8) is 0 Å². The third kappa shape index (κ3) is 31.6. The SMILES string of the molecule is C#CC[C@H](NC(=O)OCC1c2ccccc2-c2ccccc21)C(=O)NCCCCCC(=O)NC(COCc1cn(CCOCCOCCOCCOC[C@@]23CO[C@@H](O2)[C@H](NC(C)=O)[C@H]2OC(C)(C)O[C@H]23)nn1)(COCc1cn(CCOCCOCCOCCOC[C@@]23CO[C@@H](O2)[C@H](NC(C)=O)[C@H]2OC(C)(C)O[C@H]23)nn1)COCc1cn(CCOCCOCCOCCOC[C@@]23CO[C@@H](O2)[C@H](NC(C)=O)[C@H]2OC(C)(C)O[C@H]23)nn1. The van der Waals surface area contributed by atoms with Crippen molar-refractivity contribution in [3.05, 3.63) is 95.3 Å². The summed E-state index contributed by atoms with van der Waals surface area (Å²) < 4.78 is 175. The standard InChI is InChI=1S/C99H145N15O34/c1-11-19-77(104-92(120)136-56-76-74-22-16-14-20-72(74)73-21-15-17-23-75(73)76)88(119)100-25-18-12-13-24-78(118)105-96(57-133-53-69-50-112(109-106-69)26-29-121-32-35-124-38-41-127-44-47-130-60-97-63-137-89(146-97)79(101-66(2)115)82-85(97)143-93(5,6)140-82,58-134-54-70-51-113(110-107-70)27-30-122-33-36-125-39-42-128-45-48-131-61-98-64-138-90(147-98)80(102-67(3)116)83-86(98)144-94(7,8)141-83)59-135-55-71-52-114(111-108-71)28-31-123-34-37-126-40-43-129-46-49-132-62-99-65-139-91(148-99)81(103-68(4)117)84-87(99)145-95(9,10)142-84/h1,14-17,20-23,50-52,76-77,79-87,89-91H,12-13,18-19,24-49,53-65H2,2-10H3,(H,100,119)(H,101,115)(H,102,116)(H,103,117)(H,104,120)(H,105,118)/t77-,79+,80+,81+,82+,83+,84+,85+,86+,87+,89-,90-,91-,97-,98-,99-/m0/s1. The summed E-state index contributed by atoms with van der Waals surface area (Å²) in [6.07, 6.45) is 6.42. The molecule has 820 valence electrons. The van der Waals surface area contributed by atoms with Gasteiger partial charge in [-0.3, -0.25) is 24.0 Å². The summed E-state index contributed by atoms with van der Waals surface area (Å²) in [5.41, 5.74) is 1.62. The molecule has 12 heterocycles. The van der Waals surface area contributed by atoms with E-state index in [4.69, 9.17) is 139 Å². The van der Waals surface area contributed by atoms with Crippen LogP contribution < -0.4 is 31.9 Å². The Balaban J connectivity index is 0.505. The number of hydrogen-bond acceptors (Lipinski definition) is 40. The first-order valence-corrected chi connectivity index (χ1v) is 50.8. The zero-order valence-corrected chi connectivity index (χ0v) is 85.8. The van der Waals surface area contributed by atoms with Gasteiger partial charge in [0.15, 0.2) is 36.2 Å². The maximum atomic E-state index is 14.5. The van der Waals surface area contributed by atoms with Crippen LogP contribution in [0.4, 0.5) is 4.79 Å². The van der Waals surface area contributed by atoms with Gasteiger partial charge in [-0.1, -0.05) is 70.6 Å². The molecule has 49 heteroatoms. The minimum atomic E-state index is -1.37. The molecule has 3 aromatic heterocycles. The van der Waals surface area contributed by atoms with Crippen molar-refractivity contribution in [2.24, 2.45) is 0 Å². The number of unbranched alkanes of at least 4 members (excludes halogenated alkanes) is 2. The molecule has 16 atom stereocenters. The quantitative estimate of drug-likeness (QED) is 0.0237. The van der Waals surface area contributed by atoms with Crippen molar-refractivity contribution in [2.45, 2.75) is 259 Å². The molecular weight excluding hydrogens is 1940 g/mol. The van der Waals surface area contributed by atoms with Gasteiger partial charge in [-0.05, 0) is 76.6 Å². The molecule has 2 aromatic carbocycles. The number of terminal acetylenes is 1. The van der Waals surface area contributed by atoms with Gasteiger partial charge in [-0.15, -0.1) is 27.6 Å². The second kappa shape index (κ2) is 54.5. The predicted octanol–water partition coefficient (Wildman–Crippen LogP) is 1.52. The minimum Gasteiger partial charge on any atom is -0.449 e. The normalized spacial score (nSPS) is 26.1. The molecule has 49 nitrogen and oxygen atoms in total. The highest BCUT2D eigenvalue weighted by molar-refractivity contribution is 5.86. The molecule has 0 radical (unpaired) electrons. The van der Waals surface area contributed by atoms with Crippen LogP contribution in [0.3, 0.4) is 0 Å².